The molecule has 1 rings (SSSR count). The molecule has 0 aromatic heterocycles. The van der Waals surface area contributed by atoms with Crippen LogP contribution in [0.2, 0.25) is 0 Å². The van der Waals surface area contributed by atoms with E-state index in [9.17, 15) is 9.59 Å². The molecule has 1 aliphatic heterocycles. The van der Waals surface area contributed by atoms with Gasteiger partial charge >= 0.3 is 0 Å². The van der Waals surface area contributed by atoms with Crippen LogP contribution in [-0.4, -0.2) is 24.3 Å². The highest BCUT2D eigenvalue weighted by molar-refractivity contribution is 6.00. The maximum absolute atomic E-state index is 11.4. The second-order valence-corrected chi connectivity index (χ2v) is 4.44. The van der Waals surface area contributed by atoms with Crippen LogP contribution >= 0.6 is 0 Å². The number of hydrogen-bond acceptors (Lipinski definition) is 3. The Labute approximate surface area is 120 Å². The van der Waals surface area contributed by atoms with Gasteiger partial charge in [0.25, 0.3) is 0 Å². The molecule has 0 aromatic carbocycles. The second-order valence-electron chi connectivity index (χ2n) is 4.44. The zero-order valence-corrected chi connectivity index (χ0v) is 11.6. The van der Waals surface area contributed by atoms with E-state index in [-0.39, 0.29) is 17.7 Å². The molecule has 3 nitrogen and oxygen atoms in total. The van der Waals surface area contributed by atoms with Crippen LogP contribution < -0.4 is 0 Å². The van der Waals surface area contributed by atoms with Gasteiger partial charge in [0.1, 0.15) is 5.78 Å². The summed E-state index contributed by atoms with van der Waals surface area (Å²) >= 11 is 0. The molecule has 0 aromatic rings. The van der Waals surface area contributed by atoms with E-state index in [2.05, 4.69) is 30.3 Å². The van der Waals surface area contributed by atoms with Crippen molar-refractivity contribution < 1.29 is 14.3 Å². The minimum absolute atomic E-state index is 0.0314. The van der Waals surface area contributed by atoms with E-state index < -0.39 is 5.92 Å². The number of hydrogen-bond donors (Lipinski definition) is 0. The molecule has 3 heteroatoms. The first-order valence-electron chi connectivity index (χ1n) is 6.60. The number of ketones is 2. The summed E-state index contributed by atoms with van der Waals surface area (Å²) in [6.07, 6.45) is 8.09. The van der Waals surface area contributed by atoms with Crippen LogP contribution in [0, 0.1) is 29.6 Å². The Kier molecular flexibility index (Phi) is 7.11. The third-order valence-electron chi connectivity index (χ3n) is 2.65. The van der Waals surface area contributed by atoms with Crippen molar-refractivity contribution in [3.8, 4) is 23.7 Å². The van der Waals surface area contributed by atoms with Crippen molar-refractivity contribution in [3.05, 3.63) is 24.8 Å². The first kappa shape index (κ1) is 16.0. The van der Waals surface area contributed by atoms with Crippen molar-refractivity contribution in [2.45, 2.75) is 32.3 Å². The number of carbonyl (C=O) groups excluding carboxylic acids is 2. The van der Waals surface area contributed by atoms with Crippen molar-refractivity contribution in [1.29, 1.82) is 0 Å². The molecular weight excluding hydrogens is 252 g/mol. The van der Waals surface area contributed by atoms with Gasteiger partial charge in [-0.05, 0) is 43.9 Å². The maximum atomic E-state index is 11.4. The van der Waals surface area contributed by atoms with Crippen LogP contribution in [0.15, 0.2) is 24.8 Å². The lowest BCUT2D eigenvalue weighted by atomic mass is 10.0. The van der Waals surface area contributed by atoms with Gasteiger partial charge in [0, 0.05) is 0 Å². The lowest BCUT2D eigenvalue weighted by Gasteiger charge is -1.98. The lowest BCUT2D eigenvalue weighted by Crippen LogP contribution is -2.04. The SMILES string of the molecule is C=CCCCC=C[C@@H](C#CC#CC(=O)[C@@H]1CO1)C(C)=O. The number of epoxide rings is 1. The third kappa shape index (κ3) is 6.73. The van der Waals surface area contributed by atoms with Gasteiger partial charge in [-0.25, -0.2) is 0 Å². The molecule has 2 atom stereocenters. The van der Waals surface area contributed by atoms with E-state index in [0.29, 0.717) is 6.61 Å². The Hall–Kier alpha value is -2.10. The topological polar surface area (TPSA) is 46.7 Å². The molecule has 0 spiro atoms. The molecule has 0 amide bonds. The second kappa shape index (κ2) is 8.91. The van der Waals surface area contributed by atoms with Crippen LogP contribution in [0.4, 0.5) is 0 Å². The van der Waals surface area contributed by atoms with Gasteiger partial charge in [-0.2, -0.15) is 0 Å². The summed E-state index contributed by atoms with van der Waals surface area (Å²) in [6.45, 7) is 5.59. The molecule has 0 unspecified atom stereocenters. The average Bonchev–Trinajstić information content (AvgIpc) is 3.24. The van der Waals surface area contributed by atoms with E-state index in [4.69, 9.17) is 4.74 Å². The molecule has 1 heterocycles. The maximum Gasteiger partial charge on any atom is 0.237 e. The molecule has 0 saturated carbocycles. The quantitative estimate of drug-likeness (QED) is 0.234. The zero-order valence-electron chi connectivity index (χ0n) is 11.6. The number of ether oxygens (including phenoxy) is 1. The molecule has 0 aliphatic carbocycles. The Morgan fingerprint density at radius 1 is 1.40 bits per heavy atom. The summed E-state index contributed by atoms with van der Waals surface area (Å²) in [5.74, 6) is 9.42. The Morgan fingerprint density at radius 2 is 2.15 bits per heavy atom. The predicted octanol–water partition coefficient (Wildman–Crippen LogP) is 2.08. The standard InChI is InChI=1S/C17H18O3/c1-3-4-5-6-7-10-15(14(2)18)11-8-9-12-16(19)17-13-20-17/h3,7,10,15,17H,1,4-6,13H2,2H3/t15-,17-/m0/s1. The number of allylic oxidation sites excluding steroid dienone is 3. The van der Waals surface area contributed by atoms with Gasteiger partial charge in [-0.1, -0.05) is 24.1 Å². The van der Waals surface area contributed by atoms with E-state index in [1.807, 2.05) is 12.2 Å². The highest BCUT2D eigenvalue weighted by atomic mass is 16.6. The Bertz CT molecular complexity index is 516. The van der Waals surface area contributed by atoms with E-state index in [0.717, 1.165) is 19.3 Å². The van der Waals surface area contributed by atoms with E-state index >= 15 is 0 Å². The van der Waals surface area contributed by atoms with E-state index in [1.165, 1.54) is 6.92 Å². The molecular formula is C17H18O3. The molecule has 1 aliphatic rings. The largest absolute Gasteiger partial charge is 0.364 e. The summed E-state index contributed by atoms with van der Waals surface area (Å²) in [5.41, 5.74) is 0. The lowest BCUT2D eigenvalue weighted by molar-refractivity contribution is -0.118. The summed E-state index contributed by atoms with van der Waals surface area (Å²) in [4.78, 5) is 22.6. The van der Waals surface area contributed by atoms with Crippen molar-refractivity contribution in [3.63, 3.8) is 0 Å². The minimum Gasteiger partial charge on any atom is -0.364 e. The summed E-state index contributed by atoms with van der Waals surface area (Å²) in [6, 6.07) is 0. The van der Waals surface area contributed by atoms with E-state index in [1.54, 1.807) is 6.08 Å². The monoisotopic (exact) mass is 270 g/mol. The van der Waals surface area contributed by atoms with Crippen molar-refractivity contribution in [2.24, 2.45) is 5.92 Å². The Morgan fingerprint density at radius 3 is 2.75 bits per heavy atom. The number of Topliss-reactive ketones (excluding diaryl/α,β-unsaturated/α-hetero) is 2. The normalized spacial score (nSPS) is 17.4. The molecule has 0 N–H and O–H groups in total. The predicted molar refractivity (Wildman–Crippen MR) is 77.7 cm³/mol. The van der Waals surface area contributed by atoms with Crippen LogP contribution in [0.1, 0.15) is 26.2 Å². The van der Waals surface area contributed by atoms with Gasteiger partial charge in [0.05, 0.1) is 12.5 Å². The average molecular weight is 270 g/mol. The highest BCUT2D eigenvalue weighted by Gasteiger charge is 2.29. The van der Waals surface area contributed by atoms with Gasteiger partial charge in [0.2, 0.25) is 5.78 Å². The van der Waals surface area contributed by atoms with Crippen LogP contribution in [0.3, 0.4) is 0 Å². The van der Waals surface area contributed by atoms with Gasteiger partial charge in [0.15, 0.2) is 6.10 Å². The number of rotatable bonds is 7. The van der Waals surface area contributed by atoms with Gasteiger partial charge in [-0.3, -0.25) is 9.59 Å². The van der Waals surface area contributed by atoms with Crippen molar-refractivity contribution in [1.82, 2.24) is 0 Å². The third-order valence-corrected chi connectivity index (χ3v) is 2.65. The van der Waals surface area contributed by atoms with Gasteiger partial charge in [-0.15, -0.1) is 6.58 Å². The highest BCUT2D eigenvalue weighted by Crippen LogP contribution is 2.08. The fourth-order valence-electron chi connectivity index (χ4n) is 1.38. The minimum atomic E-state index is -0.458. The number of carbonyl (C=O) groups is 2. The fraction of sp³-hybridized carbons (Fsp3) is 0.412. The van der Waals surface area contributed by atoms with Crippen LogP contribution in [-0.2, 0) is 14.3 Å². The number of unbranched alkanes of at least 4 members (excludes halogenated alkanes) is 2. The summed E-state index contributed by atoms with van der Waals surface area (Å²) < 4.78 is 4.80. The summed E-state index contributed by atoms with van der Waals surface area (Å²) in [5, 5.41) is 0. The molecule has 20 heavy (non-hydrogen) atoms. The molecule has 104 valence electrons. The Balaban J connectivity index is 2.47. The van der Waals surface area contributed by atoms with Crippen LogP contribution in [0.25, 0.3) is 0 Å². The van der Waals surface area contributed by atoms with Crippen molar-refractivity contribution >= 4 is 11.6 Å². The first-order valence-corrected chi connectivity index (χ1v) is 6.60. The fourth-order valence-corrected chi connectivity index (χ4v) is 1.38. The smallest absolute Gasteiger partial charge is 0.237 e. The summed E-state index contributed by atoms with van der Waals surface area (Å²) in [7, 11) is 0. The molecule has 1 saturated heterocycles. The molecule has 0 bridgehead atoms. The van der Waals surface area contributed by atoms with Gasteiger partial charge < -0.3 is 4.74 Å². The van der Waals surface area contributed by atoms with Crippen LogP contribution in [0.5, 0.6) is 0 Å². The van der Waals surface area contributed by atoms with Crippen molar-refractivity contribution in [2.75, 3.05) is 6.61 Å². The zero-order chi connectivity index (χ0) is 14.8. The first-order chi connectivity index (χ1) is 9.65. The molecule has 1 fully saturated rings. The molecule has 0 radical (unpaired) electrons.